The van der Waals surface area contributed by atoms with E-state index in [-0.39, 0.29) is 5.78 Å². The van der Waals surface area contributed by atoms with Gasteiger partial charge in [-0.3, -0.25) is 9.78 Å². The van der Waals surface area contributed by atoms with Crippen LogP contribution >= 0.6 is 0 Å². The highest BCUT2D eigenvalue weighted by Gasteiger charge is 2.10. The smallest absolute Gasteiger partial charge is 0.155 e. The first-order chi connectivity index (χ1) is 9.29. The Balaban J connectivity index is 1.78. The molecule has 0 aliphatic heterocycles. The third kappa shape index (κ3) is 4.30. The van der Waals surface area contributed by atoms with Crippen molar-refractivity contribution in [3.63, 3.8) is 0 Å². The lowest BCUT2D eigenvalue weighted by molar-refractivity contribution is -0.114. The van der Waals surface area contributed by atoms with E-state index < -0.39 is 0 Å². The second-order valence-corrected chi connectivity index (χ2v) is 5.29. The fourth-order valence-electron chi connectivity index (χ4n) is 2.64. The topological polar surface area (TPSA) is 30.0 Å². The zero-order chi connectivity index (χ0) is 13.5. The number of pyridine rings is 1. The fourth-order valence-corrected chi connectivity index (χ4v) is 2.64. The highest BCUT2D eigenvalue weighted by atomic mass is 16.1. The van der Waals surface area contributed by atoms with E-state index in [2.05, 4.69) is 12.1 Å². The summed E-state index contributed by atoms with van der Waals surface area (Å²) < 4.78 is 0. The van der Waals surface area contributed by atoms with Crippen molar-refractivity contribution in [3.05, 3.63) is 41.2 Å². The third-order valence-corrected chi connectivity index (χ3v) is 3.69. The Morgan fingerprint density at radius 2 is 2.11 bits per heavy atom. The zero-order valence-corrected chi connectivity index (χ0v) is 11.8. The predicted octanol–water partition coefficient (Wildman–Crippen LogP) is 3.82. The van der Waals surface area contributed by atoms with Crippen molar-refractivity contribution < 1.29 is 4.79 Å². The molecule has 19 heavy (non-hydrogen) atoms. The van der Waals surface area contributed by atoms with Crippen LogP contribution in [0, 0.1) is 0 Å². The lowest BCUT2D eigenvalue weighted by Crippen LogP contribution is -2.07. The molecule has 2 rings (SSSR count). The van der Waals surface area contributed by atoms with Crippen molar-refractivity contribution in [2.75, 3.05) is 0 Å². The summed E-state index contributed by atoms with van der Waals surface area (Å²) in [5, 5.41) is 0. The number of hydrogen-bond acceptors (Lipinski definition) is 2. The molecule has 1 aliphatic rings. The summed E-state index contributed by atoms with van der Waals surface area (Å²) in [6, 6.07) is 4.42. The highest BCUT2D eigenvalue weighted by Crippen LogP contribution is 2.20. The Kier molecular flexibility index (Phi) is 5.31. The summed E-state index contributed by atoms with van der Waals surface area (Å²) in [5.74, 6) is 0.237. The number of aryl methyl sites for hydroxylation is 3. The molecule has 0 spiro atoms. The van der Waals surface area contributed by atoms with Gasteiger partial charge in [0, 0.05) is 17.8 Å². The Morgan fingerprint density at radius 1 is 1.26 bits per heavy atom. The van der Waals surface area contributed by atoms with Crippen LogP contribution in [-0.2, 0) is 24.1 Å². The fraction of sp³-hybridized carbons (Fsp3) is 0.529. The molecule has 1 aliphatic carbocycles. The Morgan fingerprint density at radius 3 is 2.95 bits per heavy atom. The molecular weight excluding hydrogens is 234 g/mol. The molecule has 2 nitrogen and oxygen atoms in total. The standard InChI is InChI=1S/C17H23NO/c1-2-7-16(19)10-5-4-9-15-13-12-14-8-3-6-11-17(14)18-15/h2,7,12-13H,3-6,8-11H2,1H3/b7-2+. The van der Waals surface area contributed by atoms with Gasteiger partial charge in [-0.2, -0.15) is 0 Å². The van der Waals surface area contributed by atoms with Crippen LogP contribution in [0.1, 0.15) is 56.0 Å². The molecule has 102 valence electrons. The molecule has 0 bridgehead atoms. The maximum absolute atomic E-state index is 11.3. The van der Waals surface area contributed by atoms with Crippen LogP contribution in [0.3, 0.4) is 0 Å². The van der Waals surface area contributed by atoms with E-state index in [0.717, 1.165) is 25.7 Å². The largest absolute Gasteiger partial charge is 0.295 e. The number of allylic oxidation sites excluding steroid dienone is 2. The molecule has 1 heterocycles. The number of carbonyl (C=O) groups excluding carboxylic acids is 1. The molecule has 1 aromatic heterocycles. The van der Waals surface area contributed by atoms with Gasteiger partial charge in [0.05, 0.1) is 0 Å². The van der Waals surface area contributed by atoms with E-state index in [1.54, 1.807) is 6.08 Å². The van der Waals surface area contributed by atoms with Gasteiger partial charge in [-0.05, 0) is 69.6 Å². The molecule has 0 saturated heterocycles. The molecule has 0 unspecified atom stereocenters. The van der Waals surface area contributed by atoms with Crippen LogP contribution < -0.4 is 0 Å². The quantitative estimate of drug-likeness (QED) is 0.573. The van der Waals surface area contributed by atoms with Crippen LogP contribution in [0.2, 0.25) is 0 Å². The molecule has 1 aromatic rings. The van der Waals surface area contributed by atoms with Gasteiger partial charge in [-0.15, -0.1) is 0 Å². The van der Waals surface area contributed by atoms with E-state index >= 15 is 0 Å². The molecule has 0 radical (unpaired) electrons. The molecule has 0 aromatic carbocycles. The first kappa shape index (κ1) is 14.0. The van der Waals surface area contributed by atoms with Gasteiger partial charge in [0.15, 0.2) is 5.78 Å². The number of nitrogens with zero attached hydrogens (tertiary/aromatic N) is 1. The van der Waals surface area contributed by atoms with Gasteiger partial charge in [-0.25, -0.2) is 0 Å². The minimum atomic E-state index is 0.237. The van der Waals surface area contributed by atoms with E-state index in [0.29, 0.717) is 6.42 Å². The van der Waals surface area contributed by atoms with Gasteiger partial charge < -0.3 is 0 Å². The lowest BCUT2D eigenvalue weighted by atomic mass is 9.95. The van der Waals surface area contributed by atoms with Gasteiger partial charge in [0.25, 0.3) is 0 Å². The van der Waals surface area contributed by atoms with E-state index in [4.69, 9.17) is 4.98 Å². The number of hydrogen-bond donors (Lipinski definition) is 0. The molecule has 2 heteroatoms. The first-order valence-corrected chi connectivity index (χ1v) is 7.43. The van der Waals surface area contributed by atoms with Crippen LogP contribution in [0.4, 0.5) is 0 Å². The number of carbonyl (C=O) groups is 1. The van der Waals surface area contributed by atoms with E-state index in [1.807, 2.05) is 13.0 Å². The second kappa shape index (κ2) is 7.22. The van der Waals surface area contributed by atoms with E-state index in [1.165, 1.54) is 36.2 Å². The van der Waals surface area contributed by atoms with Crippen molar-refractivity contribution in [1.82, 2.24) is 4.98 Å². The molecule has 0 amide bonds. The summed E-state index contributed by atoms with van der Waals surface area (Å²) in [4.78, 5) is 16.1. The Hall–Kier alpha value is -1.44. The lowest BCUT2D eigenvalue weighted by Gasteiger charge is -2.15. The van der Waals surface area contributed by atoms with Crippen molar-refractivity contribution >= 4 is 5.78 Å². The van der Waals surface area contributed by atoms with Crippen molar-refractivity contribution in [1.29, 1.82) is 0 Å². The SMILES string of the molecule is C/C=C/C(=O)CCCCc1ccc2c(n1)CCCC2. The normalized spacial score (nSPS) is 14.6. The Bertz CT molecular complexity index is 462. The average molecular weight is 257 g/mol. The summed E-state index contributed by atoms with van der Waals surface area (Å²) >= 11 is 0. The van der Waals surface area contributed by atoms with Gasteiger partial charge in [-0.1, -0.05) is 12.1 Å². The molecule has 0 N–H and O–H groups in total. The van der Waals surface area contributed by atoms with Crippen molar-refractivity contribution in [3.8, 4) is 0 Å². The maximum atomic E-state index is 11.3. The van der Waals surface area contributed by atoms with Crippen LogP contribution in [0.15, 0.2) is 24.3 Å². The summed E-state index contributed by atoms with van der Waals surface area (Å²) in [6.45, 7) is 1.88. The number of unbranched alkanes of at least 4 members (excludes halogenated alkanes) is 1. The van der Waals surface area contributed by atoms with Gasteiger partial charge >= 0.3 is 0 Å². The minimum absolute atomic E-state index is 0.237. The number of ketones is 1. The molecule has 0 fully saturated rings. The molecule has 0 saturated carbocycles. The van der Waals surface area contributed by atoms with Crippen LogP contribution in [0.5, 0.6) is 0 Å². The van der Waals surface area contributed by atoms with Crippen molar-refractivity contribution in [2.45, 2.75) is 58.3 Å². The highest BCUT2D eigenvalue weighted by molar-refractivity contribution is 5.89. The summed E-state index contributed by atoms with van der Waals surface area (Å²) in [6.07, 6.45) is 12.1. The first-order valence-electron chi connectivity index (χ1n) is 7.43. The van der Waals surface area contributed by atoms with Crippen LogP contribution in [0.25, 0.3) is 0 Å². The summed E-state index contributed by atoms with van der Waals surface area (Å²) in [5.41, 5.74) is 3.95. The average Bonchev–Trinajstić information content (AvgIpc) is 2.44. The monoisotopic (exact) mass is 257 g/mol. The van der Waals surface area contributed by atoms with Crippen molar-refractivity contribution in [2.24, 2.45) is 0 Å². The van der Waals surface area contributed by atoms with Crippen LogP contribution in [-0.4, -0.2) is 10.8 Å². The predicted molar refractivity (Wildman–Crippen MR) is 78.3 cm³/mol. The van der Waals surface area contributed by atoms with Gasteiger partial charge in [0.1, 0.15) is 0 Å². The Labute approximate surface area is 115 Å². The number of rotatable bonds is 6. The number of fused-ring (bicyclic) bond motifs is 1. The zero-order valence-electron chi connectivity index (χ0n) is 11.8. The molecular formula is C17H23NO. The van der Waals surface area contributed by atoms with E-state index in [9.17, 15) is 4.79 Å². The maximum Gasteiger partial charge on any atom is 0.155 e. The van der Waals surface area contributed by atoms with Gasteiger partial charge in [0.2, 0.25) is 0 Å². The third-order valence-electron chi connectivity index (χ3n) is 3.69. The number of aromatic nitrogens is 1. The minimum Gasteiger partial charge on any atom is -0.295 e. The summed E-state index contributed by atoms with van der Waals surface area (Å²) in [7, 11) is 0. The second-order valence-electron chi connectivity index (χ2n) is 5.29. The molecule has 0 atom stereocenters.